The zero-order chi connectivity index (χ0) is 24.6. The van der Waals surface area contributed by atoms with Crippen LogP contribution >= 0.6 is 0 Å². The summed E-state index contributed by atoms with van der Waals surface area (Å²) in [5.41, 5.74) is 0.506. The van der Waals surface area contributed by atoms with Gasteiger partial charge in [0, 0.05) is 12.2 Å². The fourth-order valence-electron chi connectivity index (χ4n) is 3.92. The zero-order valence-corrected chi connectivity index (χ0v) is 19.5. The van der Waals surface area contributed by atoms with Crippen molar-refractivity contribution in [2.24, 2.45) is 5.92 Å². The van der Waals surface area contributed by atoms with Gasteiger partial charge in [0.1, 0.15) is 6.61 Å². The molecule has 10 nitrogen and oxygen atoms in total. The first-order valence-corrected chi connectivity index (χ1v) is 11.2. The molecule has 0 radical (unpaired) electrons. The SMILES string of the molecule is CC(C)Cn1c(=O)[nH]c(=O)c2c(C(=O)Nc3ccccc3N3CCOC3=O)cc(C(C)C)nc21. The van der Waals surface area contributed by atoms with E-state index in [-0.39, 0.29) is 35.0 Å². The third kappa shape index (κ3) is 4.30. The molecule has 34 heavy (non-hydrogen) atoms. The number of rotatable bonds is 6. The highest BCUT2D eigenvalue weighted by atomic mass is 16.6. The lowest BCUT2D eigenvalue weighted by Crippen LogP contribution is -2.33. The minimum Gasteiger partial charge on any atom is -0.447 e. The van der Waals surface area contributed by atoms with E-state index in [0.717, 1.165) is 0 Å². The number of para-hydroxylation sites is 2. The van der Waals surface area contributed by atoms with Crippen molar-refractivity contribution in [3.63, 3.8) is 0 Å². The number of aromatic amines is 1. The molecule has 1 aliphatic heterocycles. The lowest BCUT2D eigenvalue weighted by molar-refractivity contribution is 0.102. The van der Waals surface area contributed by atoms with Gasteiger partial charge in [0.05, 0.1) is 28.9 Å². The summed E-state index contributed by atoms with van der Waals surface area (Å²) in [6.07, 6.45) is -0.493. The van der Waals surface area contributed by atoms with E-state index in [0.29, 0.717) is 30.2 Å². The van der Waals surface area contributed by atoms with Crippen LogP contribution in [0.3, 0.4) is 0 Å². The van der Waals surface area contributed by atoms with Crippen LogP contribution in [0.1, 0.15) is 49.7 Å². The smallest absolute Gasteiger partial charge is 0.414 e. The number of hydrogen-bond donors (Lipinski definition) is 2. The molecular weight excluding hydrogens is 438 g/mol. The summed E-state index contributed by atoms with van der Waals surface area (Å²) in [5, 5.41) is 2.87. The topological polar surface area (TPSA) is 126 Å². The summed E-state index contributed by atoms with van der Waals surface area (Å²) in [7, 11) is 0. The normalized spacial score (nSPS) is 13.7. The Bertz CT molecular complexity index is 1390. The molecule has 2 amide bonds. The Balaban J connectivity index is 1.87. The van der Waals surface area contributed by atoms with E-state index < -0.39 is 23.2 Å². The first kappa shape index (κ1) is 23.2. The van der Waals surface area contributed by atoms with E-state index in [4.69, 9.17) is 4.74 Å². The first-order valence-electron chi connectivity index (χ1n) is 11.2. The highest BCUT2D eigenvalue weighted by Gasteiger charge is 2.27. The molecule has 1 aliphatic rings. The number of hydrogen-bond acceptors (Lipinski definition) is 6. The quantitative estimate of drug-likeness (QED) is 0.576. The van der Waals surface area contributed by atoms with Gasteiger partial charge in [-0.1, -0.05) is 39.8 Å². The third-order valence-electron chi connectivity index (χ3n) is 5.56. The van der Waals surface area contributed by atoms with Crippen molar-refractivity contribution in [1.29, 1.82) is 0 Å². The fourth-order valence-corrected chi connectivity index (χ4v) is 3.92. The second-order valence-electron chi connectivity index (χ2n) is 8.95. The summed E-state index contributed by atoms with van der Waals surface area (Å²) in [6.45, 7) is 8.69. The Morgan fingerprint density at radius 2 is 1.91 bits per heavy atom. The standard InChI is InChI=1S/C24H27N5O5/c1-13(2)12-29-20-19(22(31)27-23(29)32)15(11-17(25-20)14(3)4)21(30)26-16-7-5-6-8-18(16)28-9-10-34-24(28)33/h5-8,11,13-14H,9-10,12H2,1-4H3,(H,26,30)(H,27,31,32). The van der Waals surface area contributed by atoms with E-state index in [1.165, 1.54) is 9.47 Å². The van der Waals surface area contributed by atoms with Crippen molar-refractivity contribution in [3.05, 3.63) is 62.4 Å². The monoisotopic (exact) mass is 465 g/mol. The van der Waals surface area contributed by atoms with Crippen molar-refractivity contribution in [1.82, 2.24) is 14.5 Å². The summed E-state index contributed by atoms with van der Waals surface area (Å²) < 4.78 is 6.43. The van der Waals surface area contributed by atoms with Crippen molar-refractivity contribution >= 4 is 34.4 Å². The molecule has 0 bridgehead atoms. The average molecular weight is 466 g/mol. The Hall–Kier alpha value is -3.95. The molecule has 0 unspecified atom stereocenters. The summed E-state index contributed by atoms with van der Waals surface area (Å²) in [5.74, 6) is -0.486. The van der Waals surface area contributed by atoms with Crippen LogP contribution in [0.15, 0.2) is 39.9 Å². The van der Waals surface area contributed by atoms with Crippen molar-refractivity contribution in [3.8, 4) is 0 Å². The molecule has 2 N–H and O–H groups in total. The minimum atomic E-state index is -0.677. The summed E-state index contributed by atoms with van der Waals surface area (Å²) >= 11 is 0. The van der Waals surface area contributed by atoms with Gasteiger partial charge in [-0.3, -0.25) is 24.0 Å². The van der Waals surface area contributed by atoms with Crippen LogP contribution in [-0.4, -0.2) is 39.7 Å². The molecule has 0 aliphatic carbocycles. The molecule has 0 spiro atoms. The Morgan fingerprint density at radius 1 is 1.18 bits per heavy atom. The molecule has 0 saturated carbocycles. The fraction of sp³-hybridized carbons (Fsp3) is 0.375. The number of nitrogens with one attached hydrogen (secondary N) is 2. The van der Waals surface area contributed by atoms with Crippen LogP contribution in [-0.2, 0) is 11.3 Å². The largest absolute Gasteiger partial charge is 0.447 e. The van der Waals surface area contributed by atoms with Gasteiger partial charge in [0.25, 0.3) is 11.5 Å². The summed E-state index contributed by atoms with van der Waals surface area (Å²) in [4.78, 5) is 59.4. The van der Waals surface area contributed by atoms with E-state index in [2.05, 4.69) is 15.3 Å². The van der Waals surface area contributed by atoms with Crippen molar-refractivity contribution in [2.45, 2.75) is 40.2 Å². The van der Waals surface area contributed by atoms with Gasteiger partial charge in [-0.05, 0) is 30.0 Å². The lowest BCUT2D eigenvalue weighted by Gasteiger charge is -2.19. The molecule has 1 fully saturated rings. The Kier molecular flexibility index (Phi) is 6.23. The van der Waals surface area contributed by atoms with Crippen LogP contribution in [0.25, 0.3) is 11.0 Å². The number of nitrogens with zero attached hydrogens (tertiary/aromatic N) is 3. The van der Waals surface area contributed by atoms with Crippen LogP contribution < -0.4 is 21.5 Å². The second-order valence-corrected chi connectivity index (χ2v) is 8.95. The van der Waals surface area contributed by atoms with Crippen LogP contribution in [0.5, 0.6) is 0 Å². The van der Waals surface area contributed by atoms with Crippen LogP contribution in [0.4, 0.5) is 16.2 Å². The van der Waals surface area contributed by atoms with Crippen molar-refractivity contribution in [2.75, 3.05) is 23.4 Å². The maximum Gasteiger partial charge on any atom is 0.414 e. The number of benzene rings is 1. The van der Waals surface area contributed by atoms with Gasteiger partial charge < -0.3 is 10.1 Å². The Morgan fingerprint density at radius 3 is 2.56 bits per heavy atom. The number of H-pyrrole nitrogens is 1. The molecule has 1 aromatic carbocycles. The second kappa shape index (κ2) is 9.12. The number of pyridine rings is 1. The van der Waals surface area contributed by atoms with Gasteiger partial charge in [-0.2, -0.15) is 0 Å². The van der Waals surface area contributed by atoms with Gasteiger partial charge in [-0.15, -0.1) is 0 Å². The van der Waals surface area contributed by atoms with E-state index in [9.17, 15) is 19.2 Å². The molecule has 3 aromatic rings. The average Bonchev–Trinajstić information content (AvgIpc) is 3.21. The number of amides is 2. The molecule has 178 valence electrons. The first-order chi connectivity index (χ1) is 16.2. The number of aromatic nitrogens is 3. The highest BCUT2D eigenvalue weighted by Crippen LogP contribution is 2.29. The van der Waals surface area contributed by atoms with Gasteiger partial charge in [0.2, 0.25) is 0 Å². The molecule has 10 heteroatoms. The summed E-state index contributed by atoms with van der Waals surface area (Å²) in [6, 6.07) is 8.45. The maximum absolute atomic E-state index is 13.5. The van der Waals surface area contributed by atoms with Crippen LogP contribution in [0, 0.1) is 5.92 Å². The zero-order valence-electron chi connectivity index (χ0n) is 19.5. The molecule has 4 rings (SSSR count). The molecule has 2 aromatic heterocycles. The number of anilines is 2. The number of carbonyl (C=O) groups is 2. The third-order valence-corrected chi connectivity index (χ3v) is 5.56. The minimum absolute atomic E-state index is 0.0419. The predicted octanol–water partition coefficient (Wildman–Crippen LogP) is 3.07. The number of fused-ring (bicyclic) bond motifs is 1. The van der Waals surface area contributed by atoms with E-state index in [1.807, 2.05) is 27.7 Å². The van der Waals surface area contributed by atoms with E-state index in [1.54, 1.807) is 30.3 Å². The highest BCUT2D eigenvalue weighted by molar-refractivity contribution is 6.13. The van der Waals surface area contributed by atoms with Crippen LogP contribution in [0.2, 0.25) is 0 Å². The lowest BCUT2D eigenvalue weighted by atomic mass is 10.0. The maximum atomic E-state index is 13.5. The number of ether oxygens (including phenoxy) is 1. The van der Waals surface area contributed by atoms with E-state index >= 15 is 0 Å². The van der Waals surface area contributed by atoms with Gasteiger partial charge in [0.15, 0.2) is 5.65 Å². The van der Waals surface area contributed by atoms with Crippen molar-refractivity contribution < 1.29 is 14.3 Å². The Labute approximate surface area is 195 Å². The molecule has 0 atom stereocenters. The molecule has 3 heterocycles. The molecular formula is C24H27N5O5. The molecule has 1 saturated heterocycles. The number of carbonyl (C=O) groups excluding carboxylic acids is 2. The number of cyclic esters (lactones) is 1. The van der Waals surface area contributed by atoms with Gasteiger partial charge >= 0.3 is 11.8 Å². The van der Waals surface area contributed by atoms with Gasteiger partial charge in [-0.25, -0.2) is 14.6 Å². The predicted molar refractivity (Wildman–Crippen MR) is 129 cm³/mol.